The molecule has 106 valence electrons. The number of hydrogen-bond donors (Lipinski definition) is 2. The fourth-order valence-electron chi connectivity index (χ4n) is 2.22. The average molecular weight is 299 g/mol. The van der Waals surface area contributed by atoms with Crippen LogP contribution < -0.4 is 5.32 Å². The number of anilines is 1. The number of H-pyrrole nitrogens is 1. The van der Waals surface area contributed by atoms with Crippen LogP contribution in [0.1, 0.15) is 11.1 Å². The van der Waals surface area contributed by atoms with E-state index in [9.17, 15) is 0 Å². The van der Waals surface area contributed by atoms with Crippen molar-refractivity contribution in [3.63, 3.8) is 0 Å². The van der Waals surface area contributed by atoms with E-state index in [1.54, 1.807) is 6.20 Å². The van der Waals surface area contributed by atoms with E-state index in [0.29, 0.717) is 6.54 Å². The summed E-state index contributed by atoms with van der Waals surface area (Å²) in [6.45, 7) is 2.72. The van der Waals surface area contributed by atoms with Crippen LogP contribution in [0.3, 0.4) is 0 Å². The maximum Gasteiger partial charge on any atom is 0.0715 e. The van der Waals surface area contributed by atoms with Gasteiger partial charge in [-0.05, 0) is 42.8 Å². The maximum absolute atomic E-state index is 5.97. The lowest BCUT2D eigenvalue weighted by Gasteiger charge is -2.10. The Morgan fingerprint density at radius 2 is 2.14 bits per heavy atom. The van der Waals surface area contributed by atoms with Gasteiger partial charge in [-0.25, -0.2) is 0 Å². The van der Waals surface area contributed by atoms with Crippen molar-refractivity contribution in [2.75, 3.05) is 5.32 Å². The Morgan fingerprint density at radius 1 is 1.24 bits per heavy atom. The van der Waals surface area contributed by atoms with Gasteiger partial charge in [-0.2, -0.15) is 5.10 Å². The predicted molar refractivity (Wildman–Crippen MR) is 85.3 cm³/mol. The third-order valence-corrected chi connectivity index (χ3v) is 3.56. The largest absolute Gasteiger partial charge is 0.381 e. The third kappa shape index (κ3) is 3.06. The molecule has 1 aromatic carbocycles. The molecule has 2 aromatic heterocycles. The zero-order chi connectivity index (χ0) is 14.7. The molecule has 0 aliphatic rings. The lowest BCUT2D eigenvalue weighted by atomic mass is 10.1. The molecule has 0 amide bonds. The van der Waals surface area contributed by atoms with Gasteiger partial charge < -0.3 is 5.32 Å². The van der Waals surface area contributed by atoms with Crippen LogP contribution in [0.25, 0.3) is 11.3 Å². The molecule has 2 N–H and O–H groups in total. The van der Waals surface area contributed by atoms with Gasteiger partial charge in [-0.3, -0.25) is 10.1 Å². The molecule has 0 spiro atoms. The first-order valence-corrected chi connectivity index (χ1v) is 7.04. The van der Waals surface area contributed by atoms with Crippen LogP contribution in [0.15, 0.2) is 48.9 Å². The first-order chi connectivity index (χ1) is 10.2. The second kappa shape index (κ2) is 5.97. The van der Waals surface area contributed by atoms with Gasteiger partial charge in [0.2, 0.25) is 0 Å². The van der Waals surface area contributed by atoms with Crippen LogP contribution in [0, 0.1) is 6.92 Å². The van der Waals surface area contributed by atoms with E-state index in [4.69, 9.17) is 11.6 Å². The molecule has 0 saturated carbocycles. The molecular formula is C16H15ClN4. The van der Waals surface area contributed by atoms with E-state index in [-0.39, 0.29) is 0 Å². The minimum atomic E-state index is 0.684. The molecule has 0 atom stereocenters. The highest BCUT2D eigenvalue weighted by Crippen LogP contribution is 2.23. The zero-order valence-corrected chi connectivity index (χ0v) is 12.4. The number of nitrogens with zero attached hydrogens (tertiary/aromatic N) is 2. The van der Waals surface area contributed by atoms with Gasteiger partial charge in [0.25, 0.3) is 0 Å². The van der Waals surface area contributed by atoms with Crippen molar-refractivity contribution in [3.8, 4) is 11.3 Å². The summed E-state index contributed by atoms with van der Waals surface area (Å²) in [4.78, 5) is 4.14. The lowest BCUT2D eigenvalue weighted by molar-refractivity contribution is 1.09. The Labute approximate surface area is 128 Å². The predicted octanol–water partition coefficient (Wildman–Crippen LogP) is 4.05. The van der Waals surface area contributed by atoms with Crippen LogP contribution in [0.4, 0.5) is 5.69 Å². The van der Waals surface area contributed by atoms with Crippen LogP contribution in [0.5, 0.6) is 0 Å². The van der Waals surface area contributed by atoms with Gasteiger partial charge in [0.15, 0.2) is 0 Å². The van der Waals surface area contributed by atoms with Gasteiger partial charge in [-0.1, -0.05) is 11.6 Å². The summed E-state index contributed by atoms with van der Waals surface area (Å²) < 4.78 is 0. The van der Waals surface area contributed by atoms with Crippen molar-refractivity contribution in [1.82, 2.24) is 15.2 Å². The molecule has 0 fully saturated rings. The van der Waals surface area contributed by atoms with Crippen molar-refractivity contribution in [2.24, 2.45) is 0 Å². The average Bonchev–Trinajstić information content (AvgIpc) is 2.96. The van der Waals surface area contributed by atoms with E-state index < -0.39 is 0 Å². The summed E-state index contributed by atoms with van der Waals surface area (Å²) >= 11 is 5.97. The monoisotopic (exact) mass is 298 g/mol. The van der Waals surface area contributed by atoms with Gasteiger partial charge >= 0.3 is 0 Å². The minimum Gasteiger partial charge on any atom is -0.381 e. The normalized spacial score (nSPS) is 10.6. The van der Waals surface area contributed by atoms with Crippen LogP contribution in [0.2, 0.25) is 5.02 Å². The van der Waals surface area contributed by atoms with Crippen molar-refractivity contribution in [3.05, 3.63) is 65.1 Å². The second-order valence-electron chi connectivity index (χ2n) is 4.82. The molecule has 0 aliphatic carbocycles. The Hall–Kier alpha value is -2.33. The molecule has 5 heteroatoms. The van der Waals surface area contributed by atoms with Crippen molar-refractivity contribution < 1.29 is 0 Å². The fraction of sp³-hybridized carbons (Fsp3) is 0.125. The second-order valence-corrected chi connectivity index (χ2v) is 5.26. The number of hydrogen-bond acceptors (Lipinski definition) is 3. The molecule has 0 saturated heterocycles. The summed E-state index contributed by atoms with van der Waals surface area (Å²) in [5, 5.41) is 11.3. The molecule has 4 nitrogen and oxygen atoms in total. The highest BCUT2D eigenvalue weighted by Gasteiger charge is 2.08. The number of halogens is 1. The number of benzene rings is 1. The summed E-state index contributed by atoms with van der Waals surface area (Å²) in [6, 6.07) is 9.74. The molecule has 3 aromatic rings. The number of rotatable bonds is 4. The van der Waals surface area contributed by atoms with E-state index in [2.05, 4.69) is 20.5 Å². The van der Waals surface area contributed by atoms with Crippen molar-refractivity contribution >= 4 is 17.3 Å². The number of aromatic amines is 1. The Balaban J connectivity index is 1.79. The fourth-order valence-corrected chi connectivity index (χ4v) is 2.45. The molecule has 0 radical (unpaired) electrons. The van der Waals surface area contributed by atoms with E-state index in [1.165, 1.54) is 0 Å². The van der Waals surface area contributed by atoms with Crippen LogP contribution in [-0.2, 0) is 6.54 Å². The number of aromatic nitrogens is 3. The molecule has 21 heavy (non-hydrogen) atoms. The standard InChI is InChI=1S/C16H15ClN4/c1-11-7-14(17)4-5-15(11)19-9-13-10-20-21-16(13)12-3-2-6-18-8-12/h2-8,10,19H,9H2,1H3,(H,20,21). The summed E-state index contributed by atoms with van der Waals surface area (Å²) in [5.74, 6) is 0. The van der Waals surface area contributed by atoms with Gasteiger partial charge in [0, 0.05) is 40.8 Å². The van der Waals surface area contributed by atoms with Crippen molar-refractivity contribution in [2.45, 2.75) is 13.5 Å². The first kappa shape index (κ1) is 13.6. The SMILES string of the molecule is Cc1cc(Cl)ccc1NCc1cn[nH]c1-c1cccnc1. The van der Waals surface area contributed by atoms with Gasteiger partial charge in [0.05, 0.1) is 11.9 Å². The quantitative estimate of drug-likeness (QED) is 0.764. The van der Waals surface area contributed by atoms with E-state index in [1.807, 2.05) is 49.6 Å². The molecular weight excluding hydrogens is 284 g/mol. The zero-order valence-electron chi connectivity index (χ0n) is 11.6. The minimum absolute atomic E-state index is 0.684. The molecule has 0 unspecified atom stereocenters. The smallest absolute Gasteiger partial charge is 0.0715 e. The molecule has 2 heterocycles. The Morgan fingerprint density at radius 3 is 2.90 bits per heavy atom. The van der Waals surface area contributed by atoms with Crippen LogP contribution in [-0.4, -0.2) is 15.2 Å². The van der Waals surface area contributed by atoms with E-state index >= 15 is 0 Å². The summed E-state index contributed by atoms with van der Waals surface area (Å²) in [6.07, 6.45) is 5.42. The van der Waals surface area contributed by atoms with Crippen molar-refractivity contribution in [1.29, 1.82) is 0 Å². The number of aryl methyl sites for hydroxylation is 1. The summed E-state index contributed by atoms with van der Waals surface area (Å²) in [5.41, 5.74) is 5.30. The van der Waals surface area contributed by atoms with E-state index in [0.717, 1.165) is 33.1 Å². The molecule has 3 rings (SSSR count). The molecule has 0 aliphatic heterocycles. The third-order valence-electron chi connectivity index (χ3n) is 3.33. The van der Waals surface area contributed by atoms with Gasteiger partial charge in [-0.15, -0.1) is 0 Å². The summed E-state index contributed by atoms with van der Waals surface area (Å²) in [7, 11) is 0. The lowest BCUT2D eigenvalue weighted by Crippen LogP contribution is -2.01. The number of pyridine rings is 1. The highest BCUT2D eigenvalue weighted by molar-refractivity contribution is 6.30. The first-order valence-electron chi connectivity index (χ1n) is 6.67. The maximum atomic E-state index is 5.97. The Bertz CT molecular complexity index is 737. The highest BCUT2D eigenvalue weighted by atomic mass is 35.5. The van der Waals surface area contributed by atoms with Crippen LogP contribution >= 0.6 is 11.6 Å². The van der Waals surface area contributed by atoms with Gasteiger partial charge in [0.1, 0.15) is 0 Å². The Kier molecular flexibility index (Phi) is 3.88. The topological polar surface area (TPSA) is 53.6 Å². The number of nitrogens with one attached hydrogen (secondary N) is 2. The molecule has 0 bridgehead atoms.